The maximum absolute atomic E-state index is 12.6. The number of aromatic carboxylic acids is 1. The van der Waals surface area contributed by atoms with E-state index in [4.69, 9.17) is 9.26 Å². The maximum Gasteiger partial charge on any atom is 0.335 e. The first-order chi connectivity index (χ1) is 18.9. The van der Waals surface area contributed by atoms with Crippen LogP contribution in [0.3, 0.4) is 0 Å². The minimum absolute atomic E-state index is 0.184. The Hall–Kier alpha value is -4.20. The van der Waals surface area contributed by atoms with Gasteiger partial charge < -0.3 is 19.7 Å². The van der Waals surface area contributed by atoms with Gasteiger partial charge >= 0.3 is 5.97 Å². The van der Waals surface area contributed by atoms with E-state index in [-0.39, 0.29) is 17.2 Å². The standard InChI is InChI=1S/C31H35N3O5/c1-3-9-22(20-38-25-13-8-12-23(18-25)31(36)37)11-5-4-10-21(2)27-17-16-24(19-32-27)33-30(35)29-26-14-6-7-15-28(26)34-39-29/h6-8,12-19,21-22H,3-5,9-11,20H2,1-2H3,(H,33,35)(H,36,37). The number of carbonyl (C=O) groups is 2. The van der Waals surface area contributed by atoms with Crippen LogP contribution in [0.25, 0.3) is 10.9 Å². The second-order valence-electron chi connectivity index (χ2n) is 9.94. The summed E-state index contributed by atoms with van der Waals surface area (Å²) in [4.78, 5) is 28.4. The van der Waals surface area contributed by atoms with Crippen LogP contribution in [0, 0.1) is 5.92 Å². The molecule has 8 nitrogen and oxygen atoms in total. The molecular formula is C31H35N3O5. The van der Waals surface area contributed by atoms with Gasteiger partial charge in [0, 0.05) is 5.69 Å². The summed E-state index contributed by atoms with van der Waals surface area (Å²) in [6.45, 7) is 4.93. The SMILES string of the molecule is CCCC(CCCCC(C)c1ccc(NC(=O)c2onc3ccccc23)cn1)COc1cccc(C(=O)O)c1. The Morgan fingerprint density at radius 3 is 2.62 bits per heavy atom. The molecule has 0 fully saturated rings. The van der Waals surface area contributed by atoms with E-state index >= 15 is 0 Å². The number of aromatic nitrogens is 2. The highest BCUT2D eigenvalue weighted by atomic mass is 16.5. The lowest BCUT2D eigenvalue weighted by atomic mass is 9.94. The average molecular weight is 530 g/mol. The van der Waals surface area contributed by atoms with Gasteiger partial charge in [0.1, 0.15) is 11.3 Å². The topological polar surface area (TPSA) is 115 Å². The third kappa shape index (κ3) is 7.66. The molecule has 0 saturated carbocycles. The van der Waals surface area contributed by atoms with Gasteiger partial charge in [-0.2, -0.15) is 0 Å². The fourth-order valence-electron chi connectivity index (χ4n) is 4.70. The molecule has 0 aliphatic rings. The molecule has 0 radical (unpaired) electrons. The van der Waals surface area contributed by atoms with Gasteiger partial charge in [0.15, 0.2) is 0 Å². The van der Waals surface area contributed by atoms with Crippen molar-refractivity contribution in [2.24, 2.45) is 5.92 Å². The van der Waals surface area contributed by atoms with Crippen LogP contribution in [0.15, 0.2) is 71.4 Å². The Kier molecular flexibility index (Phi) is 9.67. The zero-order valence-electron chi connectivity index (χ0n) is 22.4. The summed E-state index contributed by atoms with van der Waals surface area (Å²) < 4.78 is 11.2. The molecule has 39 heavy (non-hydrogen) atoms. The van der Waals surface area contributed by atoms with Crippen molar-refractivity contribution >= 4 is 28.5 Å². The number of nitrogens with zero attached hydrogens (tertiary/aromatic N) is 2. The molecular weight excluding hydrogens is 494 g/mol. The van der Waals surface area contributed by atoms with Crippen molar-refractivity contribution < 1.29 is 24.0 Å². The Labute approximate surface area is 228 Å². The first-order valence-electron chi connectivity index (χ1n) is 13.5. The van der Waals surface area contributed by atoms with Crippen LogP contribution in [0.1, 0.15) is 84.9 Å². The molecule has 2 atom stereocenters. The van der Waals surface area contributed by atoms with Gasteiger partial charge in [-0.1, -0.05) is 56.5 Å². The average Bonchev–Trinajstić information content (AvgIpc) is 3.39. The predicted molar refractivity (Wildman–Crippen MR) is 150 cm³/mol. The molecule has 1 amide bonds. The molecule has 4 rings (SSSR count). The largest absolute Gasteiger partial charge is 0.493 e. The molecule has 4 aromatic rings. The lowest BCUT2D eigenvalue weighted by molar-refractivity contribution is 0.0696. The Morgan fingerprint density at radius 1 is 1.03 bits per heavy atom. The monoisotopic (exact) mass is 529 g/mol. The molecule has 0 bridgehead atoms. The molecule has 8 heteroatoms. The third-order valence-electron chi connectivity index (χ3n) is 6.90. The highest BCUT2D eigenvalue weighted by molar-refractivity contribution is 6.10. The molecule has 2 unspecified atom stereocenters. The number of benzene rings is 2. The van der Waals surface area contributed by atoms with Gasteiger partial charge in [-0.05, 0) is 73.6 Å². The number of anilines is 1. The molecule has 2 aromatic carbocycles. The molecule has 2 aromatic heterocycles. The fraction of sp³-hybridized carbons (Fsp3) is 0.355. The molecule has 204 valence electrons. The van der Waals surface area contributed by atoms with Crippen molar-refractivity contribution in [1.29, 1.82) is 0 Å². The van der Waals surface area contributed by atoms with Crippen LogP contribution in [-0.4, -0.2) is 33.7 Å². The zero-order valence-corrected chi connectivity index (χ0v) is 22.4. The van der Waals surface area contributed by atoms with E-state index in [0.717, 1.165) is 44.2 Å². The minimum Gasteiger partial charge on any atom is -0.493 e. The van der Waals surface area contributed by atoms with Crippen molar-refractivity contribution in [2.45, 2.75) is 58.3 Å². The lowest BCUT2D eigenvalue weighted by Crippen LogP contribution is -2.13. The molecule has 2 heterocycles. The normalized spacial score (nSPS) is 12.7. The molecule has 0 saturated heterocycles. The number of hydrogen-bond acceptors (Lipinski definition) is 6. The lowest BCUT2D eigenvalue weighted by Gasteiger charge is -2.18. The van der Waals surface area contributed by atoms with Crippen molar-refractivity contribution in [2.75, 3.05) is 11.9 Å². The van der Waals surface area contributed by atoms with Gasteiger partial charge in [-0.25, -0.2) is 4.79 Å². The number of nitrogens with one attached hydrogen (secondary N) is 1. The van der Waals surface area contributed by atoms with Crippen LogP contribution >= 0.6 is 0 Å². The Morgan fingerprint density at radius 2 is 1.85 bits per heavy atom. The van der Waals surface area contributed by atoms with Gasteiger partial charge in [0.05, 0.1) is 29.4 Å². The summed E-state index contributed by atoms with van der Waals surface area (Å²) >= 11 is 0. The first kappa shape index (κ1) is 27.8. The molecule has 2 N–H and O–H groups in total. The van der Waals surface area contributed by atoms with E-state index < -0.39 is 5.97 Å². The number of carboxylic acids is 1. The van der Waals surface area contributed by atoms with E-state index in [0.29, 0.717) is 40.8 Å². The van der Waals surface area contributed by atoms with Crippen LogP contribution in [0.4, 0.5) is 5.69 Å². The number of carboxylic acid groups (broad SMARTS) is 1. The van der Waals surface area contributed by atoms with Crippen molar-refractivity contribution in [3.8, 4) is 5.75 Å². The summed E-state index contributed by atoms with van der Waals surface area (Å²) in [5.41, 5.74) is 2.47. The summed E-state index contributed by atoms with van der Waals surface area (Å²) in [5.74, 6) is 0.210. The van der Waals surface area contributed by atoms with E-state index in [2.05, 4.69) is 29.3 Å². The summed E-state index contributed by atoms with van der Waals surface area (Å²) in [6.07, 6.45) is 8.08. The van der Waals surface area contributed by atoms with E-state index in [1.807, 2.05) is 24.3 Å². The smallest absolute Gasteiger partial charge is 0.335 e. The molecule has 0 aliphatic heterocycles. The van der Waals surface area contributed by atoms with Gasteiger partial charge in [0.2, 0.25) is 5.76 Å². The number of rotatable bonds is 14. The minimum atomic E-state index is -0.950. The Balaban J connectivity index is 1.21. The highest BCUT2D eigenvalue weighted by Gasteiger charge is 2.17. The fourth-order valence-corrected chi connectivity index (χ4v) is 4.70. The van der Waals surface area contributed by atoms with Crippen LogP contribution in [-0.2, 0) is 0 Å². The van der Waals surface area contributed by atoms with E-state index in [1.54, 1.807) is 42.6 Å². The first-order valence-corrected chi connectivity index (χ1v) is 13.5. The van der Waals surface area contributed by atoms with Crippen LogP contribution in [0.5, 0.6) is 5.75 Å². The molecule has 0 aliphatic carbocycles. The number of amides is 1. The van der Waals surface area contributed by atoms with Gasteiger partial charge in [-0.15, -0.1) is 0 Å². The molecule has 0 spiro atoms. The predicted octanol–water partition coefficient (Wildman–Crippen LogP) is 7.33. The quantitative estimate of drug-likeness (QED) is 0.164. The van der Waals surface area contributed by atoms with E-state index in [1.165, 1.54) is 0 Å². The summed E-state index contributed by atoms with van der Waals surface area (Å²) in [6, 6.07) is 17.8. The number of pyridine rings is 1. The number of hydrogen-bond donors (Lipinski definition) is 2. The second-order valence-corrected chi connectivity index (χ2v) is 9.94. The van der Waals surface area contributed by atoms with Crippen LogP contribution in [0.2, 0.25) is 0 Å². The van der Waals surface area contributed by atoms with Gasteiger partial charge in [0.25, 0.3) is 5.91 Å². The second kappa shape index (κ2) is 13.6. The summed E-state index contributed by atoms with van der Waals surface area (Å²) in [7, 11) is 0. The van der Waals surface area contributed by atoms with E-state index in [9.17, 15) is 14.7 Å². The van der Waals surface area contributed by atoms with Crippen molar-refractivity contribution in [1.82, 2.24) is 10.1 Å². The maximum atomic E-state index is 12.6. The van der Waals surface area contributed by atoms with Crippen molar-refractivity contribution in [3.63, 3.8) is 0 Å². The Bertz CT molecular complexity index is 1380. The van der Waals surface area contributed by atoms with Crippen molar-refractivity contribution in [3.05, 3.63) is 83.9 Å². The summed E-state index contributed by atoms with van der Waals surface area (Å²) in [5, 5.41) is 16.6. The number of carbonyl (C=O) groups excluding carboxylic acids is 1. The third-order valence-corrected chi connectivity index (χ3v) is 6.90. The number of fused-ring (bicyclic) bond motifs is 1. The zero-order chi connectivity index (χ0) is 27.6. The van der Waals surface area contributed by atoms with Crippen LogP contribution < -0.4 is 10.1 Å². The number of unbranched alkanes of at least 4 members (excludes halogenated alkanes) is 1. The van der Waals surface area contributed by atoms with Gasteiger partial charge in [-0.3, -0.25) is 9.78 Å². The highest BCUT2D eigenvalue weighted by Crippen LogP contribution is 2.25. The number of ether oxygens (including phenoxy) is 1.